The molecule has 13 heavy (non-hydrogen) atoms. The molecule has 0 aliphatic heterocycles. The molecule has 0 aliphatic rings. The van der Waals surface area contributed by atoms with Gasteiger partial charge in [-0.15, -0.1) is 0 Å². The lowest BCUT2D eigenvalue weighted by atomic mass is 9.93. The van der Waals surface area contributed by atoms with Gasteiger partial charge in [-0.1, -0.05) is 38.1 Å². The molecule has 0 atom stereocenters. The molecule has 0 aliphatic carbocycles. The lowest BCUT2D eigenvalue weighted by Crippen LogP contribution is -1.94. The van der Waals surface area contributed by atoms with Gasteiger partial charge in [-0.3, -0.25) is 0 Å². The zero-order valence-electron chi connectivity index (χ0n) is 8.46. The van der Waals surface area contributed by atoms with Crippen molar-refractivity contribution in [3.05, 3.63) is 35.9 Å². The lowest BCUT2D eigenvalue weighted by molar-refractivity contribution is 0.464. The van der Waals surface area contributed by atoms with E-state index in [1.54, 1.807) is 6.07 Å². The van der Waals surface area contributed by atoms with E-state index in [1.807, 2.05) is 19.1 Å². The molecule has 1 N–H and O–H groups in total. The van der Waals surface area contributed by atoms with Crippen molar-refractivity contribution in [1.82, 2.24) is 0 Å². The van der Waals surface area contributed by atoms with E-state index >= 15 is 0 Å². The highest BCUT2D eigenvalue weighted by Gasteiger charge is 2.10. The first-order chi connectivity index (χ1) is 6.04. The Morgan fingerprint density at radius 2 is 2.00 bits per heavy atom. The van der Waals surface area contributed by atoms with E-state index in [1.165, 1.54) is 0 Å². The number of aromatic hydroxyl groups is 1. The van der Waals surface area contributed by atoms with Crippen LogP contribution in [0.1, 0.15) is 37.8 Å². The van der Waals surface area contributed by atoms with E-state index < -0.39 is 0 Å². The summed E-state index contributed by atoms with van der Waals surface area (Å²) in [4.78, 5) is 0. The summed E-state index contributed by atoms with van der Waals surface area (Å²) in [6.45, 7) is 10.00. The van der Waals surface area contributed by atoms with Crippen LogP contribution in [-0.4, -0.2) is 5.11 Å². The first kappa shape index (κ1) is 9.85. The van der Waals surface area contributed by atoms with E-state index in [-0.39, 0.29) is 0 Å². The van der Waals surface area contributed by atoms with Gasteiger partial charge in [0, 0.05) is 5.56 Å². The zero-order valence-corrected chi connectivity index (χ0v) is 8.46. The summed E-state index contributed by atoms with van der Waals surface area (Å²) < 4.78 is 0. The molecule has 0 saturated carbocycles. The maximum Gasteiger partial charge on any atom is 0.119 e. The summed E-state index contributed by atoms with van der Waals surface area (Å²) in [5, 5.41) is 9.67. The van der Waals surface area contributed by atoms with Crippen molar-refractivity contribution in [2.24, 2.45) is 0 Å². The van der Waals surface area contributed by atoms with E-state index in [9.17, 15) is 5.11 Å². The summed E-state index contributed by atoms with van der Waals surface area (Å²) >= 11 is 0. The first-order valence-electron chi connectivity index (χ1n) is 4.51. The third-order valence-electron chi connectivity index (χ3n) is 2.12. The van der Waals surface area contributed by atoms with Gasteiger partial charge >= 0.3 is 0 Å². The standard InChI is InChI=1S/C12H16O/c1-8(2)10-6-5-7-11(13)12(10)9(3)4/h5-7,9,13H,1H2,2-4H3. The van der Waals surface area contributed by atoms with Crippen molar-refractivity contribution in [3.63, 3.8) is 0 Å². The molecule has 0 aromatic heterocycles. The Balaban J connectivity index is 3.34. The van der Waals surface area contributed by atoms with Crippen molar-refractivity contribution in [3.8, 4) is 5.75 Å². The van der Waals surface area contributed by atoms with Crippen molar-refractivity contribution >= 4 is 5.57 Å². The van der Waals surface area contributed by atoms with Gasteiger partial charge in [0.15, 0.2) is 0 Å². The number of phenols is 1. The average Bonchev–Trinajstić information content (AvgIpc) is 2.02. The van der Waals surface area contributed by atoms with Gasteiger partial charge in [0.25, 0.3) is 0 Å². The summed E-state index contributed by atoms with van der Waals surface area (Å²) in [6, 6.07) is 5.57. The second-order valence-corrected chi connectivity index (χ2v) is 3.67. The van der Waals surface area contributed by atoms with Crippen LogP contribution < -0.4 is 0 Å². The van der Waals surface area contributed by atoms with Gasteiger partial charge in [-0.25, -0.2) is 0 Å². The highest BCUT2D eigenvalue weighted by Crippen LogP contribution is 2.31. The van der Waals surface area contributed by atoms with Gasteiger partial charge < -0.3 is 5.11 Å². The van der Waals surface area contributed by atoms with Gasteiger partial charge in [0.05, 0.1) is 0 Å². The molecule has 1 nitrogen and oxygen atoms in total. The molecule has 0 fully saturated rings. The van der Waals surface area contributed by atoms with Crippen molar-refractivity contribution in [2.45, 2.75) is 26.7 Å². The molecule has 0 unspecified atom stereocenters. The second kappa shape index (κ2) is 3.65. The second-order valence-electron chi connectivity index (χ2n) is 3.67. The minimum atomic E-state index is 0.327. The summed E-state index contributed by atoms with van der Waals surface area (Å²) in [6.07, 6.45) is 0. The smallest absolute Gasteiger partial charge is 0.119 e. The van der Waals surface area contributed by atoms with Crippen LogP contribution in [0.25, 0.3) is 5.57 Å². The molecule has 0 radical (unpaired) electrons. The van der Waals surface area contributed by atoms with Crippen molar-refractivity contribution in [2.75, 3.05) is 0 Å². The Morgan fingerprint density at radius 3 is 2.38 bits per heavy atom. The normalized spacial score (nSPS) is 10.5. The fraction of sp³-hybridized carbons (Fsp3) is 0.333. The minimum absolute atomic E-state index is 0.327. The quantitative estimate of drug-likeness (QED) is 0.730. The molecule has 1 aromatic rings. The monoisotopic (exact) mass is 176 g/mol. The van der Waals surface area contributed by atoms with Crippen LogP contribution in [0.4, 0.5) is 0 Å². The van der Waals surface area contributed by atoms with E-state index in [0.29, 0.717) is 11.7 Å². The fourth-order valence-corrected chi connectivity index (χ4v) is 1.53. The fourth-order valence-electron chi connectivity index (χ4n) is 1.53. The Bertz CT molecular complexity index is 324. The topological polar surface area (TPSA) is 20.2 Å². The Morgan fingerprint density at radius 1 is 1.38 bits per heavy atom. The maximum atomic E-state index is 9.67. The number of hydrogen-bond acceptors (Lipinski definition) is 1. The Labute approximate surface area is 79.7 Å². The minimum Gasteiger partial charge on any atom is -0.508 e. The predicted molar refractivity (Wildman–Crippen MR) is 56.9 cm³/mol. The van der Waals surface area contributed by atoms with Crippen molar-refractivity contribution < 1.29 is 5.11 Å². The highest BCUT2D eigenvalue weighted by atomic mass is 16.3. The van der Waals surface area contributed by atoms with E-state index in [4.69, 9.17) is 0 Å². The number of hydrogen-bond donors (Lipinski definition) is 1. The molecular formula is C12H16O. The average molecular weight is 176 g/mol. The van der Waals surface area contributed by atoms with Crippen LogP contribution in [-0.2, 0) is 0 Å². The number of allylic oxidation sites excluding steroid dienone is 1. The van der Waals surface area contributed by atoms with E-state index in [0.717, 1.165) is 16.7 Å². The van der Waals surface area contributed by atoms with Crippen LogP contribution in [0.5, 0.6) is 5.75 Å². The lowest BCUT2D eigenvalue weighted by Gasteiger charge is -2.14. The van der Waals surface area contributed by atoms with Gasteiger partial charge in [0.2, 0.25) is 0 Å². The Hall–Kier alpha value is -1.24. The highest BCUT2D eigenvalue weighted by molar-refractivity contribution is 5.67. The summed E-state index contributed by atoms with van der Waals surface area (Å²) in [5.41, 5.74) is 3.06. The molecule has 0 bridgehead atoms. The van der Waals surface area contributed by atoms with Crippen molar-refractivity contribution in [1.29, 1.82) is 0 Å². The van der Waals surface area contributed by atoms with E-state index in [2.05, 4.69) is 20.4 Å². The molecule has 70 valence electrons. The van der Waals surface area contributed by atoms with Crippen LogP contribution in [0.15, 0.2) is 24.8 Å². The zero-order chi connectivity index (χ0) is 10.0. The molecule has 1 aromatic carbocycles. The molecule has 0 spiro atoms. The van der Waals surface area contributed by atoms with Crippen LogP contribution in [0, 0.1) is 0 Å². The molecule has 0 amide bonds. The molecule has 1 heteroatoms. The van der Waals surface area contributed by atoms with Crippen LogP contribution >= 0.6 is 0 Å². The maximum absolute atomic E-state index is 9.67. The summed E-state index contributed by atoms with van der Waals surface area (Å²) in [5.74, 6) is 0.698. The van der Waals surface area contributed by atoms with Gasteiger partial charge in [-0.2, -0.15) is 0 Å². The van der Waals surface area contributed by atoms with Crippen LogP contribution in [0.3, 0.4) is 0 Å². The molecule has 1 rings (SSSR count). The van der Waals surface area contributed by atoms with Gasteiger partial charge in [-0.05, 0) is 24.5 Å². The number of benzene rings is 1. The third kappa shape index (κ3) is 1.92. The largest absolute Gasteiger partial charge is 0.508 e. The summed E-state index contributed by atoms with van der Waals surface area (Å²) in [7, 11) is 0. The molecular weight excluding hydrogens is 160 g/mol. The number of phenolic OH excluding ortho intramolecular Hbond substituents is 1. The van der Waals surface area contributed by atoms with Crippen LogP contribution in [0.2, 0.25) is 0 Å². The predicted octanol–water partition coefficient (Wildman–Crippen LogP) is 3.55. The third-order valence-corrected chi connectivity index (χ3v) is 2.12. The van der Waals surface area contributed by atoms with Gasteiger partial charge in [0.1, 0.15) is 5.75 Å². The Kier molecular flexibility index (Phi) is 2.76. The SMILES string of the molecule is C=C(C)c1cccc(O)c1C(C)C. The molecule has 0 heterocycles. The number of rotatable bonds is 2. The molecule has 0 saturated heterocycles. The first-order valence-corrected chi connectivity index (χ1v) is 4.51.